The number of piperidine rings is 2. The van der Waals surface area contributed by atoms with Crippen LogP contribution >= 0.6 is 0 Å². The van der Waals surface area contributed by atoms with E-state index in [4.69, 9.17) is 9.47 Å². The highest BCUT2D eigenvalue weighted by Gasteiger charge is 2.71. The SMILES string of the molecule is CC(OCC12CCC(CC1)OC2)[C@H](NC=O)C(=O)N1CCC2(CCNCC2)CC1.O=C(O)c1ccccc1Cn1cc(C(=O)N2CCC3(C2)CN(C(=O)C2(C(F)(F)F)CC2)C3)cn1. The minimum atomic E-state index is -4.52. The van der Waals surface area contributed by atoms with E-state index >= 15 is 0 Å². The van der Waals surface area contributed by atoms with Gasteiger partial charge in [0, 0.05) is 56.3 Å². The van der Waals surface area contributed by atoms with Gasteiger partial charge in [0.15, 0.2) is 0 Å². The number of alkyl halides is 3. The number of hydrogen-bond acceptors (Lipinski definition) is 9. The van der Waals surface area contributed by atoms with E-state index < -0.39 is 29.5 Å². The average molecular weight is 884 g/mol. The second-order valence-corrected chi connectivity index (χ2v) is 19.5. The molecule has 2 bridgehead atoms. The van der Waals surface area contributed by atoms with Crippen LogP contribution in [0, 0.1) is 21.7 Å². The maximum atomic E-state index is 13.3. The summed E-state index contributed by atoms with van der Waals surface area (Å²) in [5, 5.41) is 19.7. The van der Waals surface area contributed by atoms with Gasteiger partial charge in [-0.1, -0.05) is 18.2 Å². The number of amides is 4. The van der Waals surface area contributed by atoms with Crippen molar-refractivity contribution in [2.24, 2.45) is 21.7 Å². The number of benzene rings is 1. The monoisotopic (exact) mass is 883 g/mol. The number of nitrogens with one attached hydrogen (secondary N) is 2. The van der Waals surface area contributed by atoms with Crippen LogP contribution in [-0.4, -0.2) is 150 Å². The number of carbonyl (C=O) groups excluding carboxylic acids is 4. The van der Waals surface area contributed by atoms with Gasteiger partial charge in [0.05, 0.1) is 49.3 Å². The lowest BCUT2D eigenvalue weighted by Crippen LogP contribution is -2.62. The average Bonchev–Trinajstić information content (AvgIpc) is 3.78. The molecule has 6 aliphatic heterocycles. The van der Waals surface area contributed by atoms with E-state index in [1.165, 1.54) is 34.7 Å². The summed E-state index contributed by atoms with van der Waals surface area (Å²) in [6.07, 6.45) is 8.52. The molecule has 6 saturated heterocycles. The molecule has 2 spiro atoms. The summed E-state index contributed by atoms with van der Waals surface area (Å²) in [6.45, 7) is 8.48. The zero-order valence-electron chi connectivity index (χ0n) is 36.0. The Balaban J connectivity index is 0.000000175. The Morgan fingerprint density at radius 2 is 1.59 bits per heavy atom. The molecule has 63 heavy (non-hydrogen) atoms. The van der Waals surface area contributed by atoms with E-state index in [-0.39, 0.29) is 66.8 Å². The van der Waals surface area contributed by atoms with Crippen LogP contribution in [0.2, 0.25) is 0 Å². The molecule has 1 unspecified atom stereocenters. The van der Waals surface area contributed by atoms with Gasteiger partial charge in [-0.15, -0.1) is 0 Å². The number of fused-ring (bicyclic) bond motifs is 3. The maximum Gasteiger partial charge on any atom is 0.403 e. The molecule has 2 aliphatic carbocycles. The Bertz CT molecular complexity index is 2000. The number of aromatic nitrogens is 2. The van der Waals surface area contributed by atoms with Gasteiger partial charge in [0.2, 0.25) is 18.2 Å². The van der Waals surface area contributed by atoms with Crippen molar-refractivity contribution in [3.8, 4) is 0 Å². The van der Waals surface area contributed by atoms with Crippen molar-refractivity contribution >= 4 is 30.1 Å². The minimum absolute atomic E-state index is 0.00510. The molecule has 1 aromatic heterocycles. The van der Waals surface area contributed by atoms with Gasteiger partial charge < -0.3 is 39.9 Å². The Hall–Kier alpha value is -4.55. The van der Waals surface area contributed by atoms with Crippen LogP contribution in [0.4, 0.5) is 13.2 Å². The molecule has 2 aromatic rings. The fraction of sp³-hybridized carbons (Fsp3) is 0.689. The van der Waals surface area contributed by atoms with Crippen LogP contribution in [0.3, 0.4) is 0 Å². The second kappa shape index (κ2) is 17.8. The number of nitrogens with zero attached hydrogens (tertiary/aromatic N) is 5. The van der Waals surface area contributed by atoms with Crippen molar-refractivity contribution in [3.05, 3.63) is 53.3 Å². The zero-order chi connectivity index (χ0) is 44.6. The first-order chi connectivity index (χ1) is 30.1. The number of hydrogen-bond donors (Lipinski definition) is 3. The van der Waals surface area contributed by atoms with Crippen LogP contribution in [0.15, 0.2) is 36.7 Å². The molecule has 8 aliphatic rings. The predicted octanol–water partition coefficient (Wildman–Crippen LogP) is 4.10. The van der Waals surface area contributed by atoms with Crippen LogP contribution in [0.5, 0.6) is 0 Å². The third-order valence-corrected chi connectivity index (χ3v) is 15.3. The zero-order valence-corrected chi connectivity index (χ0v) is 36.0. The number of aromatic carboxylic acids is 1. The summed E-state index contributed by atoms with van der Waals surface area (Å²) in [6, 6.07) is 5.94. The Morgan fingerprint density at radius 3 is 2.21 bits per heavy atom. The lowest BCUT2D eigenvalue weighted by molar-refractivity contribution is -0.204. The number of carboxylic acid groups (broad SMARTS) is 1. The molecule has 3 N–H and O–H groups in total. The highest BCUT2D eigenvalue weighted by molar-refractivity contribution is 5.94. The number of ether oxygens (including phenoxy) is 2. The summed E-state index contributed by atoms with van der Waals surface area (Å²) >= 11 is 0. The van der Waals surface area contributed by atoms with Crippen LogP contribution in [0.25, 0.3) is 0 Å². The van der Waals surface area contributed by atoms with Crippen LogP contribution < -0.4 is 10.6 Å². The first-order valence-electron chi connectivity index (χ1n) is 22.5. The van der Waals surface area contributed by atoms with E-state index in [2.05, 4.69) is 15.7 Å². The van der Waals surface area contributed by atoms with Gasteiger partial charge in [-0.2, -0.15) is 18.3 Å². The second-order valence-electron chi connectivity index (χ2n) is 19.5. The van der Waals surface area contributed by atoms with Crippen molar-refractivity contribution in [1.82, 2.24) is 35.1 Å². The number of likely N-dealkylation sites (tertiary alicyclic amines) is 3. The molecule has 7 heterocycles. The van der Waals surface area contributed by atoms with Crippen molar-refractivity contribution < 1.29 is 51.7 Å². The molecular formula is C45H60F3N7O8. The number of rotatable bonds is 12. The van der Waals surface area contributed by atoms with Crippen LogP contribution in [-0.2, 0) is 30.4 Å². The Labute approximate surface area is 365 Å². The normalized spacial score (nSPS) is 26.3. The third kappa shape index (κ3) is 9.35. The summed E-state index contributed by atoms with van der Waals surface area (Å²) < 4.78 is 53.3. The number of carboxylic acids is 1. The largest absolute Gasteiger partial charge is 0.478 e. The van der Waals surface area contributed by atoms with Gasteiger partial charge in [-0.25, -0.2) is 4.79 Å². The molecular weight excluding hydrogens is 824 g/mol. The lowest BCUT2D eigenvalue weighted by atomic mass is 9.71. The molecule has 344 valence electrons. The predicted molar refractivity (Wildman–Crippen MR) is 221 cm³/mol. The third-order valence-electron chi connectivity index (χ3n) is 15.3. The summed E-state index contributed by atoms with van der Waals surface area (Å²) in [5.41, 5.74) is -0.995. The summed E-state index contributed by atoms with van der Waals surface area (Å²) in [7, 11) is 0. The maximum absolute atomic E-state index is 13.3. The molecule has 0 radical (unpaired) electrons. The summed E-state index contributed by atoms with van der Waals surface area (Å²) in [4.78, 5) is 66.1. The van der Waals surface area contributed by atoms with E-state index in [0.717, 1.165) is 71.3 Å². The molecule has 15 nitrogen and oxygen atoms in total. The number of halogens is 3. The van der Waals surface area contributed by atoms with Crippen molar-refractivity contribution in [2.75, 3.05) is 65.6 Å². The van der Waals surface area contributed by atoms with Gasteiger partial charge in [-0.05, 0) is 108 Å². The van der Waals surface area contributed by atoms with E-state index in [1.54, 1.807) is 29.3 Å². The molecule has 8 fully saturated rings. The van der Waals surface area contributed by atoms with E-state index in [1.807, 2.05) is 11.8 Å². The summed E-state index contributed by atoms with van der Waals surface area (Å²) in [5.74, 6) is -2.13. The lowest BCUT2D eigenvalue weighted by Gasteiger charge is -2.49. The van der Waals surface area contributed by atoms with Crippen molar-refractivity contribution in [2.45, 2.75) is 109 Å². The fourth-order valence-electron chi connectivity index (χ4n) is 10.8. The fourth-order valence-corrected chi connectivity index (χ4v) is 10.8. The Kier molecular flexibility index (Phi) is 12.7. The minimum Gasteiger partial charge on any atom is -0.478 e. The topological polar surface area (TPSA) is 176 Å². The van der Waals surface area contributed by atoms with Crippen molar-refractivity contribution in [1.29, 1.82) is 0 Å². The molecule has 1 aromatic carbocycles. The standard InChI is InChI=1S/C23H23F3N4O4.C22H37N3O4/c24-23(25,26)22(5-6-22)20(34)29-13-21(14-29)7-8-28(12-21)18(31)16-9-27-30(11-16)10-15-3-1-2-4-17(15)19(32)33;1-17(28-14-22-4-2-18(3-5-22)29-15-22)19(24-16-26)20(27)25-12-8-21(9-13-25)6-10-23-11-7-21/h1-4,9,11H,5-8,10,12-14H2,(H,32,33);16-19,23H,2-15H2,1H3,(H,24,26)/t;17?,18?,19-,22?/m.0/s1. The first kappa shape index (κ1) is 45.0. The highest BCUT2D eigenvalue weighted by atomic mass is 19.4. The highest BCUT2D eigenvalue weighted by Crippen LogP contribution is 2.60. The van der Waals surface area contributed by atoms with Crippen LogP contribution in [0.1, 0.15) is 104 Å². The van der Waals surface area contributed by atoms with Gasteiger partial charge >= 0.3 is 12.1 Å². The molecule has 2 saturated carbocycles. The molecule has 18 heteroatoms. The first-order valence-corrected chi connectivity index (χ1v) is 22.5. The molecule has 2 atom stereocenters. The van der Waals surface area contributed by atoms with E-state index in [0.29, 0.717) is 55.2 Å². The van der Waals surface area contributed by atoms with Gasteiger partial charge in [-0.3, -0.25) is 23.9 Å². The number of carbonyl (C=O) groups is 5. The Morgan fingerprint density at radius 1 is 0.937 bits per heavy atom. The van der Waals surface area contributed by atoms with Gasteiger partial charge in [0.1, 0.15) is 11.5 Å². The van der Waals surface area contributed by atoms with Crippen molar-refractivity contribution in [3.63, 3.8) is 0 Å². The quantitative estimate of drug-likeness (QED) is 0.264. The molecule has 4 amide bonds. The smallest absolute Gasteiger partial charge is 0.403 e. The van der Waals surface area contributed by atoms with E-state index in [9.17, 15) is 42.3 Å². The van der Waals surface area contributed by atoms with Gasteiger partial charge in [0.25, 0.3) is 5.91 Å². The molecule has 10 rings (SSSR count).